The lowest BCUT2D eigenvalue weighted by Gasteiger charge is -2.31. The first-order valence-corrected chi connectivity index (χ1v) is 7.70. The average Bonchev–Trinajstić information content (AvgIpc) is 2.46. The third kappa shape index (κ3) is 3.98. The van der Waals surface area contributed by atoms with Gasteiger partial charge in [0.2, 0.25) is 0 Å². The number of hydrogen-bond donors (Lipinski definition) is 3. The van der Waals surface area contributed by atoms with Crippen molar-refractivity contribution in [2.24, 2.45) is 11.7 Å². The summed E-state index contributed by atoms with van der Waals surface area (Å²) in [5.74, 6) is 0.464. The van der Waals surface area contributed by atoms with Crippen molar-refractivity contribution in [2.45, 2.75) is 32.7 Å². The molecule has 0 radical (unpaired) electrons. The van der Waals surface area contributed by atoms with Crippen molar-refractivity contribution < 1.29 is 4.79 Å². The second-order valence-corrected chi connectivity index (χ2v) is 6.47. The van der Waals surface area contributed by atoms with Gasteiger partial charge in [-0.1, -0.05) is 50.2 Å². The summed E-state index contributed by atoms with van der Waals surface area (Å²) in [5.41, 5.74) is 6.25. The standard InChI is InChI=1S/C18H25N3O/c1-13(2)11-18(3,12-19)21-17(22)20-16-10-6-8-14-7-4-5-9-15(14)16/h4-10,13H,11-12,19H2,1-3H3,(H2,20,21,22). The van der Waals surface area contributed by atoms with Crippen LogP contribution in [0.1, 0.15) is 27.2 Å². The van der Waals surface area contributed by atoms with Gasteiger partial charge in [0.25, 0.3) is 0 Å². The van der Waals surface area contributed by atoms with Gasteiger partial charge in [-0.3, -0.25) is 0 Å². The molecular weight excluding hydrogens is 274 g/mol. The molecule has 0 saturated heterocycles. The molecule has 2 amide bonds. The number of carbonyl (C=O) groups excluding carboxylic acids is 1. The molecule has 0 spiro atoms. The number of urea groups is 1. The quantitative estimate of drug-likeness (QED) is 0.787. The fourth-order valence-electron chi connectivity index (χ4n) is 2.85. The number of carbonyl (C=O) groups is 1. The second kappa shape index (κ2) is 6.79. The van der Waals surface area contributed by atoms with Gasteiger partial charge in [0.05, 0.1) is 11.2 Å². The Hall–Kier alpha value is -2.07. The van der Waals surface area contributed by atoms with Crippen LogP contribution in [0.3, 0.4) is 0 Å². The molecule has 1 unspecified atom stereocenters. The highest BCUT2D eigenvalue weighted by Gasteiger charge is 2.25. The summed E-state index contributed by atoms with van der Waals surface area (Å²) in [6, 6.07) is 13.6. The summed E-state index contributed by atoms with van der Waals surface area (Å²) in [6.45, 7) is 6.64. The van der Waals surface area contributed by atoms with E-state index in [-0.39, 0.29) is 6.03 Å². The first-order valence-electron chi connectivity index (χ1n) is 7.70. The van der Waals surface area contributed by atoms with Gasteiger partial charge < -0.3 is 16.4 Å². The molecule has 0 aliphatic heterocycles. The average molecular weight is 299 g/mol. The van der Waals surface area contributed by atoms with E-state index >= 15 is 0 Å². The van der Waals surface area contributed by atoms with Crippen LogP contribution in [0.25, 0.3) is 10.8 Å². The van der Waals surface area contributed by atoms with E-state index in [4.69, 9.17) is 5.73 Å². The van der Waals surface area contributed by atoms with Crippen LogP contribution >= 0.6 is 0 Å². The number of hydrogen-bond acceptors (Lipinski definition) is 2. The van der Waals surface area contributed by atoms with Crippen LogP contribution in [-0.4, -0.2) is 18.1 Å². The normalized spacial score (nSPS) is 13.9. The van der Waals surface area contributed by atoms with Crippen molar-refractivity contribution in [3.63, 3.8) is 0 Å². The van der Waals surface area contributed by atoms with Crippen LogP contribution in [0, 0.1) is 5.92 Å². The Balaban J connectivity index is 2.14. The Morgan fingerprint density at radius 2 is 1.86 bits per heavy atom. The molecule has 2 aromatic rings. The van der Waals surface area contributed by atoms with Gasteiger partial charge in [0.1, 0.15) is 0 Å². The topological polar surface area (TPSA) is 67.1 Å². The van der Waals surface area contributed by atoms with Crippen molar-refractivity contribution in [2.75, 3.05) is 11.9 Å². The van der Waals surface area contributed by atoms with Crippen molar-refractivity contribution in [3.8, 4) is 0 Å². The Kier molecular flexibility index (Phi) is 5.03. The van der Waals surface area contributed by atoms with Gasteiger partial charge in [0.15, 0.2) is 0 Å². The molecule has 0 saturated carbocycles. The number of anilines is 1. The van der Waals surface area contributed by atoms with Gasteiger partial charge in [-0.25, -0.2) is 4.79 Å². The van der Waals surface area contributed by atoms with Crippen LogP contribution in [0.15, 0.2) is 42.5 Å². The maximum Gasteiger partial charge on any atom is 0.319 e. The molecule has 118 valence electrons. The summed E-state index contributed by atoms with van der Waals surface area (Å²) in [5, 5.41) is 8.08. The van der Waals surface area contributed by atoms with E-state index in [1.165, 1.54) is 0 Å². The molecule has 4 nitrogen and oxygen atoms in total. The summed E-state index contributed by atoms with van der Waals surface area (Å²) in [6.07, 6.45) is 0.840. The van der Waals surface area contributed by atoms with E-state index in [1.807, 2.05) is 49.4 Å². The predicted octanol–water partition coefficient (Wildman–Crippen LogP) is 3.72. The van der Waals surface area contributed by atoms with Gasteiger partial charge >= 0.3 is 6.03 Å². The number of benzene rings is 2. The Morgan fingerprint density at radius 1 is 1.18 bits per heavy atom. The molecule has 4 N–H and O–H groups in total. The van der Waals surface area contributed by atoms with E-state index in [9.17, 15) is 4.79 Å². The van der Waals surface area contributed by atoms with Crippen LogP contribution in [0.2, 0.25) is 0 Å². The molecule has 0 aliphatic carbocycles. The molecule has 0 bridgehead atoms. The number of amides is 2. The highest BCUT2D eigenvalue weighted by molar-refractivity contribution is 6.01. The van der Waals surface area contributed by atoms with E-state index in [2.05, 4.69) is 24.5 Å². The van der Waals surface area contributed by atoms with E-state index in [0.29, 0.717) is 12.5 Å². The summed E-state index contributed by atoms with van der Waals surface area (Å²) >= 11 is 0. The summed E-state index contributed by atoms with van der Waals surface area (Å²) in [4.78, 5) is 12.3. The minimum atomic E-state index is -0.400. The lowest BCUT2D eigenvalue weighted by Crippen LogP contribution is -2.53. The smallest absolute Gasteiger partial charge is 0.319 e. The number of rotatable bonds is 5. The SMILES string of the molecule is CC(C)CC(C)(CN)NC(=O)Nc1cccc2ccccc12. The molecule has 1 atom stereocenters. The summed E-state index contributed by atoms with van der Waals surface area (Å²) in [7, 11) is 0. The lowest BCUT2D eigenvalue weighted by atomic mass is 9.91. The highest BCUT2D eigenvalue weighted by atomic mass is 16.2. The van der Waals surface area contributed by atoms with Gasteiger partial charge in [0, 0.05) is 11.9 Å². The molecule has 22 heavy (non-hydrogen) atoms. The molecular formula is C18H25N3O. The Bertz CT molecular complexity index is 648. The lowest BCUT2D eigenvalue weighted by molar-refractivity contribution is 0.233. The van der Waals surface area contributed by atoms with Crippen LogP contribution in [0.5, 0.6) is 0 Å². The minimum absolute atomic E-state index is 0.218. The molecule has 2 aromatic carbocycles. The largest absolute Gasteiger partial charge is 0.331 e. The van der Waals surface area contributed by atoms with Crippen LogP contribution in [0.4, 0.5) is 10.5 Å². The third-order valence-corrected chi connectivity index (χ3v) is 3.76. The van der Waals surface area contributed by atoms with Gasteiger partial charge in [-0.05, 0) is 30.7 Å². The van der Waals surface area contributed by atoms with Crippen molar-refractivity contribution >= 4 is 22.5 Å². The number of nitrogens with one attached hydrogen (secondary N) is 2. The van der Waals surface area contributed by atoms with Crippen LogP contribution in [-0.2, 0) is 0 Å². The maximum absolute atomic E-state index is 12.3. The van der Waals surface area contributed by atoms with Gasteiger partial charge in [-0.15, -0.1) is 0 Å². The van der Waals surface area contributed by atoms with Crippen molar-refractivity contribution in [3.05, 3.63) is 42.5 Å². The highest BCUT2D eigenvalue weighted by Crippen LogP contribution is 2.23. The Labute approximate surface area is 132 Å². The van der Waals surface area contributed by atoms with Gasteiger partial charge in [-0.2, -0.15) is 0 Å². The van der Waals surface area contributed by atoms with E-state index in [1.54, 1.807) is 0 Å². The predicted molar refractivity (Wildman–Crippen MR) is 93.0 cm³/mol. The first kappa shape index (κ1) is 16.3. The number of fused-ring (bicyclic) bond motifs is 1. The van der Waals surface area contributed by atoms with E-state index < -0.39 is 5.54 Å². The molecule has 2 rings (SSSR count). The fraction of sp³-hybridized carbons (Fsp3) is 0.389. The summed E-state index contributed by atoms with van der Waals surface area (Å²) < 4.78 is 0. The zero-order chi connectivity index (χ0) is 16.2. The second-order valence-electron chi connectivity index (χ2n) is 6.47. The Morgan fingerprint density at radius 3 is 2.55 bits per heavy atom. The third-order valence-electron chi connectivity index (χ3n) is 3.76. The molecule has 0 aromatic heterocycles. The molecule has 0 aliphatic rings. The molecule has 0 heterocycles. The zero-order valence-corrected chi connectivity index (χ0v) is 13.5. The van der Waals surface area contributed by atoms with Crippen LogP contribution < -0.4 is 16.4 Å². The first-order chi connectivity index (χ1) is 10.4. The van der Waals surface area contributed by atoms with Crippen molar-refractivity contribution in [1.29, 1.82) is 0 Å². The fourth-order valence-corrected chi connectivity index (χ4v) is 2.85. The number of nitrogens with two attached hydrogens (primary N) is 1. The maximum atomic E-state index is 12.3. The zero-order valence-electron chi connectivity index (χ0n) is 13.5. The monoisotopic (exact) mass is 299 g/mol. The van der Waals surface area contributed by atoms with E-state index in [0.717, 1.165) is 22.9 Å². The minimum Gasteiger partial charge on any atom is -0.331 e. The molecule has 0 fully saturated rings. The molecule has 4 heteroatoms. The van der Waals surface area contributed by atoms with Crippen molar-refractivity contribution in [1.82, 2.24) is 5.32 Å².